The molecule has 0 aromatic rings. The molecule has 4 nitrogen and oxygen atoms in total. The van der Waals surface area contributed by atoms with E-state index in [2.05, 4.69) is 32.3 Å². The standard InChI is InChI=1S/C21H45N2O2S/c1-6-8-9-10-11-12-13-14-15-20-26(24,25)22-21(3)17-16-19-23(4,5)18-7-2/h7,21-22H,2,6,8-20H2,1,3-5H3/q+1. The summed E-state index contributed by atoms with van der Waals surface area (Å²) >= 11 is 0. The quantitative estimate of drug-likeness (QED) is 0.206. The monoisotopic (exact) mass is 389 g/mol. The van der Waals surface area contributed by atoms with Gasteiger partial charge in [0.25, 0.3) is 0 Å². The Balaban J connectivity index is 3.77. The Bertz CT molecular complexity index is 447. The number of hydrogen-bond donors (Lipinski definition) is 1. The first-order valence-corrected chi connectivity index (χ1v) is 12.3. The number of nitrogens with one attached hydrogen (secondary N) is 1. The van der Waals surface area contributed by atoms with Crippen LogP contribution in [0, 0.1) is 0 Å². The van der Waals surface area contributed by atoms with Gasteiger partial charge in [-0.1, -0.05) is 64.9 Å². The second kappa shape index (κ2) is 14.6. The maximum absolute atomic E-state index is 12.2. The molecule has 0 aromatic heterocycles. The normalized spacial score (nSPS) is 13.7. The van der Waals surface area contributed by atoms with Crippen molar-refractivity contribution < 1.29 is 12.9 Å². The SMILES string of the molecule is C=CC[N+](C)(C)CCCC(C)NS(=O)(=O)CCCCCCCCCCC. The fourth-order valence-corrected chi connectivity index (χ4v) is 4.73. The zero-order valence-corrected chi connectivity index (χ0v) is 18.7. The molecule has 1 atom stereocenters. The average molecular weight is 390 g/mol. The predicted octanol–water partition coefficient (Wildman–Crippen LogP) is 4.87. The van der Waals surface area contributed by atoms with Crippen LogP contribution >= 0.6 is 0 Å². The van der Waals surface area contributed by atoms with Crippen LogP contribution in [0.25, 0.3) is 0 Å². The van der Waals surface area contributed by atoms with Gasteiger partial charge in [-0.25, -0.2) is 13.1 Å². The van der Waals surface area contributed by atoms with E-state index < -0.39 is 10.0 Å². The molecule has 0 saturated carbocycles. The molecule has 0 aliphatic carbocycles. The number of unbranched alkanes of at least 4 members (excludes halogenated alkanes) is 8. The summed E-state index contributed by atoms with van der Waals surface area (Å²) in [6, 6.07) is 0.0160. The van der Waals surface area contributed by atoms with E-state index in [-0.39, 0.29) is 11.8 Å². The molecule has 0 radical (unpaired) electrons. The van der Waals surface area contributed by atoms with Crippen LogP contribution < -0.4 is 4.72 Å². The molecule has 0 amide bonds. The summed E-state index contributed by atoms with van der Waals surface area (Å²) in [7, 11) is 1.23. The molecular formula is C21H45N2O2S+. The first-order valence-electron chi connectivity index (χ1n) is 10.7. The van der Waals surface area contributed by atoms with E-state index >= 15 is 0 Å². The summed E-state index contributed by atoms with van der Waals surface area (Å²) in [6.45, 7) is 9.98. The third-order valence-corrected chi connectivity index (χ3v) is 6.51. The zero-order chi connectivity index (χ0) is 19.9. The predicted molar refractivity (Wildman–Crippen MR) is 115 cm³/mol. The van der Waals surface area contributed by atoms with Crippen LogP contribution in [0.3, 0.4) is 0 Å². The summed E-state index contributed by atoms with van der Waals surface area (Å²) in [5.41, 5.74) is 0. The third-order valence-electron chi connectivity index (χ3n) is 4.92. The summed E-state index contributed by atoms with van der Waals surface area (Å²) < 4.78 is 28.1. The second-order valence-corrected chi connectivity index (χ2v) is 10.3. The van der Waals surface area contributed by atoms with Gasteiger partial charge in [0.05, 0.1) is 32.9 Å². The van der Waals surface area contributed by atoms with E-state index in [1.54, 1.807) is 0 Å². The fourth-order valence-electron chi connectivity index (χ4n) is 3.29. The molecular weight excluding hydrogens is 344 g/mol. The van der Waals surface area contributed by atoms with E-state index in [4.69, 9.17) is 0 Å². The highest BCUT2D eigenvalue weighted by atomic mass is 32.2. The topological polar surface area (TPSA) is 46.2 Å². The van der Waals surface area contributed by atoms with Crippen molar-refractivity contribution in [1.82, 2.24) is 4.72 Å². The summed E-state index contributed by atoms with van der Waals surface area (Å²) in [4.78, 5) is 0. The van der Waals surface area contributed by atoms with Crippen LogP contribution in [0.15, 0.2) is 12.7 Å². The van der Waals surface area contributed by atoms with Crippen LogP contribution in [-0.2, 0) is 10.0 Å². The van der Waals surface area contributed by atoms with Crippen LogP contribution in [0.1, 0.15) is 84.5 Å². The molecule has 0 bridgehead atoms. The molecule has 26 heavy (non-hydrogen) atoms. The van der Waals surface area contributed by atoms with Crippen molar-refractivity contribution in [2.45, 2.75) is 90.5 Å². The Morgan fingerprint density at radius 2 is 1.50 bits per heavy atom. The Morgan fingerprint density at radius 1 is 0.962 bits per heavy atom. The fraction of sp³-hybridized carbons (Fsp3) is 0.905. The lowest BCUT2D eigenvalue weighted by Gasteiger charge is -2.28. The van der Waals surface area contributed by atoms with Gasteiger partial charge in [-0.2, -0.15) is 0 Å². The highest BCUT2D eigenvalue weighted by Crippen LogP contribution is 2.10. The Hall–Kier alpha value is -0.390. The molecule has 0 saturated heterocycles. The van der Waals surface area contributed by atoms with Gasteiger partial charge in [0.15, 0.2) is 0 Å². The van der Waals surface area contributed by atoms with E-state index in [9.17, 15) is 8.42 Å². The summed E-state index contributed by atoms with van der Waals surface area (Å²) in [5.74, 6) is 0.269. The lowest BCUT2D eigenvalue weighted by atomic mass is 10.1. The van der Waals surface area contributed by atoms with E-state index in [1.165, 1.54) is 38.5 Å². The molecule has 0 aliphatic rings. The van der Waals surface area contributed by atoms with Crippen molar-refractivity contribution in [3.63, 3.8) is 0 Å². The number of hydrogen-bond acceptors (Lipinski definition) is 2. The van der Waals surface area contributed by atoms with Gasteiger partial charge in [0.1, 0.15) is 0 Å². The maximum Gasteiger partial charge on any atom is 0.211 e. The van der Waals surface area contributed by atoms with Crippen LogP contribution in [0.5, 0.6) is 0 Å². The summed E-state index contributed by atoms with van der Waals surface area (Å²) in [6.07, 6.45) is 14.6. The van der Waals surface area contributed by atoms with Gasteiger partial charge in [0, 0.05) is 6.04 Å². The number of sulfonamides is 1. The minimum atomic E-state index is -3.13. The molecule has 0 rings (SSSR count). The van der Waals surface area contributed by atoms with Crippen molar-refractivity contribution >= 4 is 10.0 Å². The highest BCUT2D eigenvalue weighted by Gasteiger charge is 2.16. The van der Waals surface area contributed by atoms with Gasteiger partial charge in [0.2, 0.25) is 10.0 Å². The zero-order valence-electron chi connectivity index (χ0n) is 17.9. The minimum absolute atomic E-state index is 0.0160. The van der Waals surface area contributed by atoms with Crippen molar-refractivity contribution in [1.29, 1.82) is 0 Å². The van der Waals surface area contributed by atoms with Crippen LogP contribution in [0.2, 0.25) is 0 Å². The second-order valence-electron chi connectivity index (χ2n) is 8.44. The van der Waals surface area contributed by atoms with Crippen LogP contribution in [0.4, 0.5) is 0 Å². The van der Waals surface area contributed by atoms with Gasteiger partial charge in [-0.3, -0.25) is 0 Å². The molecule has 156 valence electrons. The smallest absolute Gasteiger partial charge is 0.211 e. The van der Waals surface area contributed by atoms with Gasteiger partial charge < -0.3 is 4.48 Å². The lowest BCUT2D eigenvalue weighted by molar-refractivity contribution is -0.884. The van der Waals surface area contributed by atoms with E-state index in [1.807, 2.05) is 13.0 Å². The number of nitrogens with zero attached hydrogens (tertiary/aromatic N) is 1. The molecule has 0 heterocycles. The number of rotatable bonds is 18. The Kier molecular flexibility index (Phi) is 14.4. The molecule has 0 aliphatic heterocycles. The molecule has 0 fully saturated rings. The van der Waals surface area contributed by atoms with Crippen LogP contribution in [-0.4, -0.2) is 51.9 Å². The lowest BCUT2D eigenvalue weighted by Crippen LogP contribution is -2.41. The minimum Gasteiger partial charge on any atom is -0.325 e. The molecule has 1 N–H and O–H groups in total. The van der Waals surface area contributed by atoms with Gasteiger partial charge in [-0.15, -0.1) is 0 Å². The van der Waals surface area contributed by atoms with Crippen molar-refractivity contribution in [3.05, 3.63) is 12.7 Å². The first-order chi connectivity index (χ1) is 12.2. The van der Waals surface area contributed by atoms with Crippen molar-refractivity contribution in [2.24, 2.45) is 0 Å². The largest absolute Gasteiger partial charge is 0.325 e. The summed E-state index contributed by atoms with van der Waals surface area (Å²) in [5, 5.41) is 0. The third kappa shape index (κ3) is 15.8. The maximum atomic E-state index is 12.2. The van der Waals surface area contributed by atoms with Crippen molar-refractivity contribution in [2.75, 3.05) is 32.9 Å². The molecule has 0 spiro atoms. The van der Waals surface area contributed by atoms with E-state index in [0.29, 0.717) is 0 Å². The average Bonchev–Trinajstić information content (AvgIpc) is 2.52. The highest BCUT2D eigenvalue weighted by molar-refractivity contribution is 7.89. The van der Waals surface area contributed by atoms with E-state index in [0.717, 1.165) is 49.7 Å². The molecule has 0 aromatic carbocycles. The molecule has 5 heteroatoms. The van der Waals surface area contributed by atoms with Gasteiger partial charge >= 0.3 is 0 Å². The first kappa shape index (κ1) is 25.6. The number of likely N-dealkylation sites (N-methyl/N-ethyl adjacent to an activating group) is 1. The number of quaternary nitrogens is 1. The Morgan fingerprint density at radius 3 is 2.04 bits per heavy atom. The van der Waals surface area contributed by atoms with Gasteiger partial charge in [-0.05, 0) is 32.3 Å². The Labute approximate surface area is 164 Å². The molecule has 1 unspecified atom stereocenters. The van der Waals surface area contributed by atoms with Crippen molar-refractivity contribution in [3.8, 4) is 0 Å².